The molecule has 128 valence electrons. The van der Waals surface area contributed by atoms with E-state index in [1.807, 2.05) is 30.3 Å². The molecule has 3 aromatic carbocycles. The summed E-state index contributed by atoms with van der Waals surface area (Å²) in [5.41, 5.74) is 3.65. The molecular weight excluding hydrogens is 306 g/mol. The molecule has 0 unspecified atom stereocenters. The van der Waals surface area contributed by atoms with Gasteiger partial charge in [-0.25, -0.2) is 0 Å². The minimum Gasteiger partial charge on any atom is -0.394 e. The van der Waals surface area contributed by atoms with Crippen LogP contribution in [0.5, 0.6) is 0 Å². The fourth-order valence-electron chi connectivity index (χ4n) is 3.31. The minimum absolute atomic E-state index is 0.0448. The summed E-state index contributed by atoms with van der Waals surface area (Å²) < 4.78 is 0. The Morgan fingerprint density at radius 3 is 1.72 bits per heavy atom. The second-order valence-electron chi connectivity index (χ2n) is 6.35. The highest BCUT2D eigenvalue weighted by molar-refractivity contribution is 5.24. The summed E-state index contributed by atoms with van der Waals surface area (Å²) in [5.74, 6) is 0. The third-order valence-corrected chi connectivity index (χ3v) is 4.75. The van der Waals surface area contributed by atoms with Crippen LogP contribution in [0.2, 0.25) is 0 Å². The molecule has 0 saturated heterocycles. The molecule has 0 saturated carbocycles. The SMILES string of the molecule is C[C@H](c1ccccc1)N(Cc1ccccc1)[C@@H](CO)c1ccccc1. The lowest BCUT2D eigenvalue weighted by Gasteiger charge is -2.36. The van der Waals surface area contributed by atoms with E-state index in [9.17, 15) is 5.11 Å². The maximum Gasteiger partial charge on any atom is 0.0628 e. The van der Waals surface area contributed by atoms with E-state index in [0.29, 0.717) is 0 Å². The van der Waals surface area contributed by atoms with Crippen LogP contribution < -0.4 is 0 Å². The molecule has 0 amide bonds. The molecule has 0 aliphatic heterocycles. The molecule has 1 N–H and O–H groups in total. The fraction of sp³-hybridized carbons (Fsp3) is 0.217. The van der Waals surface area contributed by atoms with Gasteiger partial charge in [0.2, 0.25) is 0 Å². The molecule has 0 fully saturated rings. The van der Waals surface area contributed by atoms with Crippen LogP contribution in [0.1, 0.15) is 35.7 Å². The Morgan fingerprint density at radius 2 is 1.20 bits per heavy atom. The molecule has 0 spiro atoms. The van der Waals surface area contributed by atoms with Gasteiger partial charge in [0.1, 0.15) is 0 Å². The summed E-state index contributed by atoms with van der Waals surface area (Å²) in [5, 5.41) is 10.2. The van der Waals surface area contributed by atoms with Crippen LogP contribution in [-0.4, -0.2) is 16.6 Å². The lowest BCUT2D eigenvalue weighted by atomic mass is 9.99. The van der Waals surface area contributed by atoms with Crippen molar-refractivity contribution in [2.45, 2.75) is 25.6 Å². The summed E-state index contributed by atoms with van der Waals surface area (Å²) in [6.45, 7) is 3.09. The van der Waals surface area contributed by atoms with Gasteiger partial charge in [0.15, 0.2) is 0 Å². The second kappa shape index (κ2) is 8.61. The molecule has 3 aromatic rings. The van der Waals surface area contributed by atoms with Crippen molar-refractivity contribution in [3.05, 3.63) is 108 Å². The highest BCUT2D eigenvalue weighted by Gasteiger charge is 2.25. The van der Waals surface area contributed by atoms with Crippen molar-refractivity contribution >= 4 is 0 Å². The third-order valence-electron chi connectivity index (χ3n) is 4.75. The van der Waals surface area contributed by atoms with E-state index in [-0.39, 0.29) is 18.7 Å². The average Bonchev–Trinajstić information content (AvgIpc) is 2.69. The smallest absolute Gasteiger partial charge is 0.0628 e. The zero-order valence-electron chi connectivity index (χ0n) is 14.6. The average molecular weight is 331 g/mol. The van der Waals surface area contributed by atoms with Crippen LogP contribution in [0.15, 0.2) is 91.0 Å². The standard InChI is InChI=1S/C23H25NO/c1-19(21-13-7-3-8-14-21)24(17-20-11-5-2-6-12-20)23(18-25)22-15-9-4-10-16-22/h2-16,19,23,25H,17-18H2,1H3/t19-,23+/m1/s1. The number of aliphatic hydroxyl groups excluding tert-OH is 1. The van der Waals surface area contributed by atoms with Gasteiger partial charge in [0.25, 0.3) is 0 Å². The Balaban J connectivity index is 1.95. The first-order chi connectivity index (χ1) is 12.3. The van der Waals surface area contributed by atoms with Crippen LogP contribution in [-0.2, 0) is 6.54 Å². The predicted octanol–water partition coefficient (Wildman–Crippen LogP) is 4.98. The number of hydrogen-bond acceptors (Lipinski definition) is 2. The first-order valence-electron chi connectivity index (χ1n) is 8.80. The van der Waals surface area contributed by atoms with E-state index in [0.717, 1.165) is 12.1 Å². The molecule has 0 aliphatic rings. The Labute approximate surface area is 150 Å². The molecule has 0 heterocycles. The Morgan fingerprint density at radius 1 is 0.720 bits per heavy atom. The van der Waals surface area contributed by atoms with E-state index in [4.69, 9.17) is 0 Å². The lowest BCUT2D eigenvalue weighted by Crippen LogP contribution is -2.33. The highest BCUT2D eigenvalue weighted by Crippen LogP contribution is 2.32. The normalized spacial score (nSPS) is 13.6. The minimum atomic E-state index is -0.0448. The Hall–Kier alpha value is -2.42. The van der Waals surface area contributed by atoms with Crippen molar-refractivity contribution in [3.63, 3.8) is 0 Å². The van der Waals surface area contributed by atoms with Crippen LogP contribution in [0.3, 0.4) is 0 Å². The first-order valence-corrected chi connectivity index (χ1v) is 8.80. The molecule has 2 heteroatoms. The number of rotatable bonds is 7. The molecule has 0 aliphatic carbocycles. The molecule has 0 radical (unpaired) electrons. The molecule has 0 bridgehead atoms. The summed E-state index contributed by atoms with van der Waals surface area (Å²) in [6.07, 6.45) is 0. The van der Waals surface area contributed by atoms with E-state index < -0.39 is 0 Å². The van der Waals surface area contributed by atoms with E-state index >= 15 is 0 Å². The molecule has 25 heavy (non-hydrogen) atoms. The summed E-state index contributed by atoms with van der Waals surface area (Å²) >= 11 is 0. The summed E-state index contributed by atoms with van der Waals surface area (Å²) in [7, 11) is 0. The Bertz CT molecular complexity index is 743. The third kappa shape index (κ3) is 4.36. The van der Waals surface area contributed by atoms with Crippen molar-refractivity contribution in [2.75, 3.05) is 6.61 Å². The van der Waals surface area contributed by atoms with Crippen molar-refractivity contribution in [1.82, 2.24) is 4.90 Å². The summed E-state index contributed by atoms with van der Waals surface area (Å²) in [4.78, 5) is 2.38. The fourth-order valence-corrected chi connectivity index (χ4v) is 3.31. The predicted molar refractivity (Wildman–Crippen MR) is 103 cm³/mol. The van der Waals surface area contributed by atoms with E-state index in [1.165, 1.54) is 11.1 Å². The van der Waals surface area contributed by atoms with Gasteiger partial charge in [0.05, 0.1) is 12.6 Å². The molecular formula is C23H25NO. The topological polar surface area (TPSA) is 23.5 Å². The van der Waals surface area contributed by atoms with Crippen molar-refractivity contribution < 1.29 is 5.11 Å². The molecule has 2 nitrogen and oxygen atoms in total. The molecule has 3 rings (SSSR count). The van der Waals surface area contributed by atoms with Gasteiger partial charge >= 0.3 is 0 Å². The van der Waals surface area contributed by atoms with Gasteiger partial charge < -0.3 is 5.11 Å². The Kier molecular flexibility index (Phi) is 5.99. The molecule has 2 atom stereocenters. The van der Waals surface area contributed by atoms with Crippen LogP contribution in [0, 0.1) is 0 Å². The number of aliphatic hydroxyl groups is 1. The van der Waals surface area contributed by atoms with Gasteiger partial charge in [-0.05, 0) is 23.6 Å². The molecule has 0 aromatic heterocycles. The van der Waals surface area contributed by atoms with Gasteiger partial charge in [-0.15, -0.1) is 0 Å². The van der Waals surface area contributed by atoms with E-state index in [1.54, 1.807) is 0 Å². The van der Waals surface area contributed by atoms with Crippen LogP contribution >= 0.6 is 0 Å². The number of nitrogens with zero attached hydrogens (tertiary/aromatic N) is 1. The summed E-state index contributed by atoms with van der Waals surface area (Å²) in [6, 6.07) is 31.4. The highest BCUT2D eigenvalue weighted by atomic mass is 16.3. The largest absolute Gasteiger partial charge is 0.394 e. The van der Waals surface area contributed by atoms with Crippen molar-refractivity contribution in [2.24, 2.45) is 0 Å². The van der Waals surface area contributed by atoms with Gasteiger partial charge in [0, 0.05) is 12.6 Å². The zero-order valence-corrected chi connectivity index (χ0v) is 14.6. The monoisotopic (exact) mass is 331 g/mol. The quantitative estimate of drug-likeness (QED) is 0.660. The van der Waals surface area contributed by atoms with Crippen LogP contribution in [0.4, 0.5) is 0 Å². The first kappa shape index (κ1) is 17.4. The zero-order chi connectivity index (χ0) is 17.5. The number of benzene rings is 3. The van der Waals surface area contributed by atoms with Crippen LogP contribution in [0.25, 0.3) is 0 Å². The van der Waals surface area contributed by atoms with Crippen molar-refractivity contribution in [1.29, 1.82) is 0 Å². The second-order valence-corrected chi connectivity index (χ2v) is 6.35. The van der Waals surface area contributed by atoms with Gasteiger partial charge in [-0.3, -0.25) is 4.90 Å². The van der Waals surface area contributed by atoms with E-state index in [2.05, 4.69) is 72.5 Å². The lowest BCUT2D eigenvalue weighted by molar-refractivity contribution is 0.0811. The maximum absolute atomic E-state index is 10.2. The van der Waals surface area contributed by atoms with Gasteiger partial charge in [-0.2, -0.15) is 0 Å². The maximum atomic E-state index is 10.2. The van der Waals surface area contributed by atoms with Crippen molar-refractivity contribution in [3.8, 4) is 0 Å². The number of hydrogen-bond donors (Lipinski definition) is 1. The van der Waals surface area contributed by atoms with Gasteiger partial charge in [-0.1, -0.05) is 91.0 Å².